The summed E-state index contributed by atoms with van der Waals surface area (Å²) in [6, 6.07) is 3.94. The summed E-state index contributed by atoms with van der Waals surface area (Å²) < 4.78 is 5.38. The molecule has 0 spiro atoms. The van der Waals surface area contributed by atoms with E-state index in [1.807, 2.05) is 26.0 Å². The van der Waals surface area contributed by atoms with Crippen molar-refractivity contribution in [3.8, 4) is 11.4 Å². The largest absolute Gasteiger partial charge is 0.339 e. The molecule has 0 bridgehead atoms. The molecule has 2 heterocycles. The van der Waals surface area contributed by atoms with Crippen molar-refractivity contribution < 1.29 is 4.52 Å². The van der Waals surface area contributed by atoms with Gasteiger partial charge in [0.1, 0.15) is 0 Å². The Bertz CT molecular complexity index is 571. The molecule has 21 heavy (non-hydrogen) atoms. The number of hydrogen-bond acceptors (Lipinski definition) is 5. The van der Waals surface area contributed by atoms with Crippen LogP contribution in [0.2, 0.25) is 0 Å². The van der Waals surface area contributed by atoms with Crippen LogP contribution in [0.15, 0.2) is 16.7 Å². The normalized spacial score (nSPS) is 12.9. The summed E-state index contributed by atoms with van der Waals surface area (Å²) in [7, 11) is 0. The lowest BCUT2D eigenvalue weighted by Gasteiger charge is -2.14. The molecule has 1 atom stereocenters. The molecule has 0 amide bonds. The van der Waals surface area contributed by atoms with Crippen LogP contribution in [0, 0.1) is 25.7 Å². The minimum absolute atomic E-state index is 0.388. The van der Waals surface area contributed by atoms with E-state index in [0.29, 0.717) is 30.1 Å². The maximum absolute atomic E-state index is 5.83. The molecular formula is C16H24N4O. The highest BCUT2D eigenvalue weighted by atomic mass is 16.5. The van der Waals surface area contributed by atoms with E-state index in [2.05, 4.69) is 29.0 Å². The summed E-state index contributed by atoms with van der Waals surface area (Å²) in [5, 5.41) is 4.08. The zero-order valence-corrected chi connectivity index (χ0v) is 13.3. The molecule has 0 aliphatic heterocycles. The van der Waals surface area contributed by atoms with E-state index in [1.165, 1.54) is 0 Å². The predicted octanol–water partition coefficient (Wildman–Crippen LogP) is 2.91. The van der Waals surface area contributed by atoms with Crippen LogP contribution in [-0.4, -0.2) is 21.7 Å². The molecule has 2 aromatic rings. The van der Waals surface area contributed by atoms with Crippen LogP contribution in [-0.2, 0) is 6.42 Å². The molecule has 0 aliphatic rings. The molecule has 0 fully saturated rings. The van der Waals surface area contributed by atoms with Gasteiger partial charge in [0.25, 0.3) is 0 Å². The molecule has 0 saturated heterocycles. The van der Waals surface area contributed by atoms with Gasteiger partial charge >= 0.3 is 0 Å². The Hall–Kier alpha value is -1.75. The van der Waals surface area contributed by atoms with E-state index in [1.54, 1.807) is 0 Å². The number of rotatable bonds is 6. The van der Waals surface area contributed by atoms with Gasteiger partial charge in [0, 0.05) is 23.4 Å². The fraction of sp³-hybridized carbons (Fsp3) is 0.562. The van der Waals surface area contributed by atoms with Gasteiger partial charge in [-0.1, -0.05) is 19.0 Å². The Balaban J connectivity index is 2.13. The van der Waals surface area contributed by atoms with Gasteiger partial charge in [0.15, 0.2) is 0 Å². The fourth-order valence-electron chi connectivity index (χ4n) is 2.60. The first kappa shape index (κ1) is 15.6. The molecular weight excluding hydrogens is 264 g/mol. The third kappa shape index (κ3) is 4.36. The highest BCUT2D eigenvalue weighted by molar-refractivity contribution is 5.55. The molecule has 114 valence electrons. The van der Waals surface area contributed by atoms with E-state index in [-0.39, 0.29) is 0 Å². The standard InChI is InChI=1S/C16H24N4O/c1-10(2)5-13(9-17)8-15-19-16(20-21-15)14-6-11(3)18-12(4)7-14/h6-7,10,13H,5,8-9,17H2,1-4H3. The summed E-state index contributed by atoms with van der Waals surface area (Å²) in [6.07, 6.45) is 1.81. The van der Waals surface area contributed by atoms with Crippen molar-refractivity contribution >= 4 is 0 Å². The monoisotopic (exact) mass is 288 g/mol. The van der Waals surface area contributed by atoms with Crippen molar-refractivity contribution in [1.29, 1.82) is 0 Å². The van der Waals surface area contributed by atoms with Gasteiger partial charge in [0.2, 0.25) is 11.7 Å². The Morgan fingerprint density at radius 1 is 1.14 bits per heavy atom. The number of aromatic nitrogens is 3. The second-order valence-electron chi connectivity index (χ2n) is 6.09. The van der Waals surface area contributed by atoms with E-state index < -0.39 is 0 Å². The first-order chi connectivity index (χ1) is 9.97. The van der Waals surface area contributed by atoms with Gasteiger partial charge in [-0.3, -0.25) is 4.98 Å². The number of nitrogens with two attached hydrogens (primary N) is 1. The first-order valence-corrected chi connectivity index (χ1v) is 7.46. The Morgan fingerprint density at radius 2 is 1.81 bits per heavy atom. The number of aryl methyl sites for hydroxylation is 2. The molecule has 5 nitrogen and oxygen atoms in total. The SMILES string of the molecule is Cc1cc(-c2noc(CC(CN)CC(C)C)n2)cc(C)n1. The maximum Gasteiger partial charge on any atom is 0.227 e. The summed E-state index contributed by atoms with van der Waals surface area (Å²) in [5.74, 6) is 2.29. The zero-order valence-electron chi connectivity index (χ0n) is 13.3. The molecule has 0 saturated carbocycles. The van der Waals surface area contributed by atoms with E-state index >= 15 is 0 Å². The number of hydrogen-bond donors (Lipinski definition) is 1. The molecule has 2 N–H and O–H groups in total. The quantitative estimate of drug-likeness (QED) is 0.884. The summed E-state index contributed by atoms with van der Waals surface area (Å²) in [4.78, 5) is 8.85. The topological polar surface area (TPSA) is 77.8 Å². The van der Waals surface area contributed by atoms with Crippen molar-refractivity contribution in [2.24, 2.45) is 17.6 Å². The van der Waals surface area contributed by atoms with E-state index in [0.717, 1.165) is 29.8 Å². The van der Waals surface area contributed by atoms with Gasteiger partial charge in [-0.15, -0.1) is 0 Å². The van der Waals surface area contributed by atoms with Crippen LogP contribution in [0.4, 0.5) is 0 Å². The Kier molecular flexibility index (Phi) is 5.07. The van der Waals surface area contributed by atoms with Gasteiger partial charge in [0.05, 0.1) is 0 Å². The van der Waals surface area contributed by atoms with Gasteiger partial charge in [-0.2, -0.15) is 4.98 Å². The highest BCUT2D eigenvalue weighted by Gasteiger charge is 2.16. The fourth-order valence-corrected chi connectivity index (χ4v) is 2.60. The van der Waals surface area contributed by atoms with Crippen molar-refractivity contribution in [3.05, 3.63) is 29.4 Å². The van der Waals surface area contributed by atoms with Gasteiger partial charge in [-0.05, 0) is 50.8 Å². The second-order valence-corrected chi connectivity index (χ2v) is 6.09. The third-order valence-corrected chi connectivity index (χ3v) is 3.41. The Labute approximate surface area is 126 Å². The van der Waals surface area contributed by atoms with Crippen LogP contribution < -0.4 is 5.73 Å². The average molecular weight is 288 g/mol. The minimum atomic E-state index is 0.388. The van der Waals surface area contributed by atoms with Crippen molar-refractivity contribution in [2.75, 3.05) is 6.54 Å². The van der Waals surface area contributed by atoms with Crippen LogP contribution in [0.25, 0.3) is 11.4 Å². The van der Waals surface area contributed by atoms with Crippen LogP contribution >= 0.6 is 0 Å². The van der Waals surface area contributed by atoms with Crippen LogP contribution in [0.1, 0.15) is 37.5 Å². The molecule has 5 heteroatoms. The van der Waals surface area contributed by atoms with E-state index in [4.69, 9.17) is 10.3 Å². The molecule has 0 aliphatic carbocycles. The first-order valence-electron chi connectivity index (χ1n) is 7.46. The number of nitrogens with zero attached hydrogens (tertiary/aromatic N) is 3. The van der Waals surface area contributed by atoms with Crippen molar-refractivity contribution in [2.45, 2.75) is 40.5 Å². The maximum atomic E-state index is 5.83. The Morgan fingerprint density at radius 3 is 2.38 bits per heavy atom. The lowest BCUT2D eigenvalue weighted by Crippen LogP contribution is -2.19. The zero-order chi connectivity index (χ0) is 15.4. The molecule has 1 unspecified atom stereocenters. The minimum Gasteiger partial charge on any atom is -0.339 e. The second kappa shape index (κ2) is 6.80. The van der Waals surface area contributed by atoms with Gasteiger partial charge in [-0.25, -0.2) is 0 Å². The molecule has 2 aromatic heterocycles. The number of pyridine rings is 1. The third-order valence-electron chi connectivity index (χ3n) is 3.41. The summed E-state index contributed by atoms with van der Waals surface area (Å²) >= 11 is 0. The summed E-state index contributed by atoms with van der Waals surface area (Å²) in [6.45, 7) is 8.97. The lowest BCUT2D eigenvalue weighted by molar-refractivity contribution is 0.332. The highest BCUT2D eigenvalue weighted by Crippen LogP contribution is 2.20. The molecule has 0 aromatic carbocycles. The predicted molar refractivity (Wildman–Crippen MR) is 82.7 cm³/mol. The van der Waals surface area contributed by atoms with Crippen molar-refractivity contribution in [1.82, 2.24) is 15.1 Å². The lowest BCUT2D eigenvalue weighted by atomic mass is 9.94. The molecule has 2 rings (SSSR count). The molecule has 0 radical (unpaired) electrons. The van der Waals surface area contributed by atoms with Crippen LogP contribution in [0.3, 0.4) is 0 Å². The summed E-state index contributed by atoms with van der Waals surface area (Å²) in [5.41, 5.74) is 8.69. The smallest absolute Gasteiger partial charge is 0.227 e. The van der Waals surface area contributed by atoms with Crippen molar-refractivity contribution in [3.63, 3.8) is 0 Å². The van der Waals surface area contributed by atoms with Crippen LogP contribution in [0.5, 0.6) is 0 Å². The van der Waals surface area contributed by atoms with E-state index in [9.17, 15) is 0 Å². The van der Waals surface area contributed by atoms with Gasteiger partial charge < -0.3 is 10.3 Å². The average Bonchev–Trinajstić information content (AvgIpc) is 2.84.